The molecule has 2 saturated heterocycles. The second-order valence-corrected chi connectivity index (χ2v) is 21.1. The van der Waals surface area contributed by atoms with Crippen LogP contribution in [-0.4, -0.2) is 52.6 Å². The first-order valence-corrected chi connectivity index (χ1v) is 25.3. The molecule has 0 radical (unpaired) electrons. The molecule has 1 aliphatic carbocycles. The number of aliphatic hydroxyl groups excluding tert-OH is 1. The topological polar surface area (TPSA) is 146 Å². The number of aliphatic hydroxyl groups is 1. The summed E-state index contributed by atoms with van der Waals surface area (Å²) in [6, 6.07) is -0.426. The third-order valence-corrected chi connectivity index (χ3v) is 15.7. The normalized spacial score (nSPS) is 26.1. The minimum absolute atomic E-state index is 0.0129. The second-order valence-electron chi connectivity index (χ2n) is 21.1. The molecule has 4 aliphatic rings. The summed E-state index contributed by atoms with van der Waals surface area (Å²) in [4.78, 5) is 47.7. The van der Waals surface area contributed by atoms with Crippen molar-refractivity contribution in [3.05, 3.63) is 61.4 Å². The number of carbonyl (C=O) groups excluding carboxylic acids is 3. The summed E-state index contributed by atoms with van der Waals surface area (Å²) in [5, 5.41) is 20.8. The Bertz CT molecular complexity index is 2270. The van der Waals surface area contributed by atoms with Crippen molar-refractivity contribution in [2.24, 2.45) is 53.3 Å². The quantitative estimate of drug-likeness (QED) is 0.0615. The summed E-state index contributed by atoms with van der Waals surface area (Å²) >= 11 is 0. The largest absolute Gasteiger partial charge is 0.510 e. The number of aromatic amines is 2. The van der Waals surface area contributed by atoms with Gasteiger partial charge in [0.15, 0.2) is 5.78 Å². The van der Waals surface area contributed by atoms with Crippen LogP contribution >= 0.6 is 0 Å². The average molecular weight is 895 g/mol. The molecule has 5 N–H and O–H groups in total. The number of fused-ring (bicyclic) bond motifs is 8. The van der Waals surface area contributed by atoms with Gasteiger partial charge in [-0.05, 0) is 105 Å². The molecule has 0 spiro atoms. The van der Waals surface area contributed by atoms with Gasteiger partial charge in [-0.2, -0.15) is 0 Å². The van der Waals surface area contributed by atoms with Gasteiger partial charge in [-0.15, -0.1) is 0 Å². The zero-order valence-electron chi connectivity index (χ0n) is 41.9. The predicted octanol–water partition coefficient (Wildman–Crippen LogP) is 10.8. The van der Waals surface area contributed by atoms with E-state index in [0.29, 0.717) is 40.6 Å². The Morgan fingerprint density at radius 2 is 1.34 bits per heavy atom. The zero-order chi connectivity index (χ0) is 47.3. The molecule has 9 atom stereocenters. The number of esters is 2. The van der Waals surface area contributed by atoms with Crippen LogP contribution in [0.1, 0.15) is 184 Å². The number of rotatable bonds is 21. The molecule has 2 aromatic rings. The molecule has 1 unspecified atom stereocenters. The van der Waals surface area contributed by atoms with Crippen molar-refractivity contribution in [2.75, 3.05) is 13.7 Å². The van der Waals surface area contributed by atoms with Crippen LogP contribution in [-0.2, 0) is 19.1 Å². The molecule has 2 fully saturated rings. The number of hydrogen-bond donors (Lipinski definition) is 5. The number of ketones is 1. The zero-order valence-corrected chi connectivity index (χ0v) is 41.9. The number of ether oxygens (including phenoxy) is 2. The Morgan fingerprint density at radius 1 is 0.754 bits per heavy atom. The molecule has 0 aromatic carbocycles. The fourth-order valence-electron chi connectivity index (χ4n) is 11.5. The van der Waals surface area contributed by atoms with Gasteiger partial charge in [0.2, 0.25) is 0 Å². The highest BCUT2D eigenvalue weighted by molar-refractivity contribution is 6.00. The molecular weight excluding hydrogens is 813 g/mol. The highest BCUT2D eigenvalue weighted by atomic mass is 16.5. The van der Waals surface area contributed by atoms with E-state index in [1.807, 2.05) is 13.8 Å². The predicted molar refractivity (Wildman–Crippen MR) is 264 cm³/mol. The Balaban J connectivity index is 1.18. The first-order chi connectivity index (χ1) is 30.9. The number of hydrogen-bond acceptors (Lipinski definition) is 8. The Labute approximate surface area is 389 Å². The molecule has 5 heterocycles. The summed E-state index contributed by atoms with van der Waals surface area (Å²) in [6.45, 7) is 24.2. The van der Waals surface area contributed by atoms with Gasteiger partial charge < -0.3 is 35.2 Å². The van der Waals surface area contributed by atoms with Crippen LogP contribution in [0.25, 0.3) is 29.6 Å². The molecular formula is C55H82N4O6. The van der Waals surface area contributed by atoms with Gasteiger partial charge >= 0.3 is 11.9 Å². The molecule has 10 heteroatoms. The van der Waals surface area contributed by atoms with Crippen molar-refractivity contribution >= 4 is 47.3 Å². The van der Waals surface area contributed by atoms with Crippen LogP contribution < -0.4 is 21.2 Å². The van der Waals surface area contributed by atoms with Crippen molar-refractivity contribution in [3.8, 4) is 0 Å². The summed E-state index contributed by atoms with van der Waals surface area (Å²) < 4.78 is 11.3. The molecule has 0 saturated carbocycles. The van der Waals surface area contributed by atoms with Gasteiger partial charge in [-0.25, -0.2) is 0 Å². The third kappa shape index (κ3) is 11.2. The summed E-state index contributed by atoms with van der Waals surface area (Å²) in [7, 11) is 1.35. The number of methoxy groups -OCH3 is 1. The minimum Gasteiger partial charge on any atom is -0.510 e. The Hall–Kier alpha value is -4.47. The van der Waals surface area contributed by atoms with Gasteiger partial charge in [0.1, 0.15) is 11.7 Å². The SMILES string of the molecule is CC[C@H]1/C2=C/c3[nH]c4c(c3C)=C(O)[C@H](C(=O)OC)C=4[C@H]3N/C(=C\c4[nH]c(c(C(C)=O)c4C)/C=C(/N2)[C@@H]1C)[C@@H](C)[C@@H]3CCC(=O)OCCC(C)CCC[C@@H](C)CCC[C@@H](C)CCCC(C)C. The van der Waals surface area contributed by atoms with Crippen LogP contribution in [0.15, 0.2) is 17.1 Å². The molecule has 65 heavy (non-hydrogen) atoms. The maximum absolute atomic E-state index is 13.7. The smallest absolute Gasteiger partial charge is 0.320 e. The summed E-state index contributed by atoms with van der Waals surface area (Å²) in [5.74, 6) is 1.20. The van der Waals surface area contributed by atoms with Gasteiger partial charge in [-0.3, -0.25) is 14.4 Å². The number of aromatic nitrogens is 2. The van der Waals surface area contributed by atoms with Crippen molar-refractivity contribution in [2.45, 2.75) is 166 Å². The van der Waals surface area contributed by atoms with Crippen molar-refractivity contribution in [1.82, 2.24) is 20.6 Å². The standard InChI is InChI=1S/C55H82N4O6/c1-13-39-34(7)41-29-46-48(38(11)60)36(9)43(57-46)27-42-35(8)40(52(58-42)50-51(55(63)64-12)54(62)49-37(10)44(59-53(49)50)28-45(39)56-41)23-24-47(61)65-26-25-33(6)22-16-21-32(5)20-15-19-31(4)18-14-17-30(2)3/h27-35,39-40,51-52,56-59,62H,13-26H2,1-12H3/b41-29+,42-27-,45-28-/t31-,32-,33?,34+,35-,39+,40-,51+,52-/m0/s1. The van der Waals surface area contributed by atoms with E-state index >= 15 is 0 Å². The van der Waals surface area contributed by atoms with Gasteiger partial charge in [0.05, 0.1) is 30.8 Å². The van der Waals surface area contributed by atoms with E-state index in [1.54, 1.807) is 6.92 Å². The lowest BCUT2D eigenvalue weighted by Crippen LogP contribution is -2.38. The van der Waals surface area contributed by atoms with Crippen LogP contribution in [0, 0.1) is 67.1 Å². The molecule has 10 nitrogen and oxygen atoms in total. The first-order valence-electron chi connectivity index (χ1n) is 25.3. The van der Waals surface area contributed by atoms with Crippen LogP contribution in [0.3, 0.4) is 0 Å². The maximum Gasteiger partial charge on any atom is 0.320 e. The summed E-state index contributed by atoms with van der Waals surface area (Å²) in [6.07, 6.45) is 20.4. The molecule has 6 rings (SSSR count). The van der Waals surface area contributed by atoms with Crippen molar-refractivity contribution in [3.63, 3.8) is 0 Å². The number of Topliss-reactive ketones (excluding diaryl/α,β-unsaturated/α-hetero) is 1. The van der Waals surface area contributed by atoms with Crippen molar-refractivity contribution in [1.29, 1.82) is 0 Å². The molecule has 0 amide bonds. The van der Waals surface area contributed by atoms with Crippen LogP contribution in [0.5, 0.6) is 0 Å². The van der Waals surface area contributed by atoms with E-state index in [2.05, 4.69) is 94.2 Å². The monoisotopic (exact) mass is 895 g/mol. The van der Waals surface area contributed by atoms with E-state index in [9.17, 15) is 19.5 Å². The Morgan fingerprint density at radius 3 is 1.94 bits per heavy atom. The van der Waals surface area contributed by atoms with Gasteiger partial charge in [0, 0.05) is 63.4 Å². The molecule has 8 bridgehead atoms. The van der Waals surface area contributed by atoms with E-state index < -0.39 is 17.9 Å². The lowest BCUT2D eigenvalue weighted by atomic mass is 9.80. The lowest BCUT2D eigenvalue weighted by Gasteiger charge is -2.26. The van der Waals surface area contributed by atoms with E-state index in [4.69, 9.17) is 9.47 Å². The average Bonchev–Trinajstić information content (AvgIpc) is 4.00. The Kier molecular flexibility index (Phi) is 16.8. The fourth-order valence-corrected chi connectivity index (χ4v) is 11.5. The third-order valence-electron chi connectivity index (χ3n) is 15.7. The lowest BCUT2D eigenvalue weighted by molar-refractivity contribution is -0.144. The molecule has 358 valence electrons. The van der Waals surface area contributed by atoms with Gasteiger partial charge in [0.25, 0.3) is 0 Å². The number of nitrogens with one attached hydrogen (secondary N) is 4. The number of H-pyrrole nitrogens is 2. The highest BCUT2D eigenvalue weighted by Gasteiger charge is 2.47. The van der Waals surface area contributed by atoms with Crippen molar-refractivity contribution < 1.29 is 29.0 Å². The minimum atomic E-state index is -1.01. The number of carbonyl (C=O) groups is 3. The molecule has 3 aliphatic heterocycles. The van der Waals surface area contributed by atoms with Gasteiger partial charge in [-0.1, -0.05) is 113 Å². The van der Waals surface area contributed by atoms with Crippen LogP contribution in [0.2, 0.25) is 0 Å². The first kappa shape index (κ1) is 50.0. The van der Waals surface area contributed by atoms with E-state index in [0.717, 1.165) is 82.3 Å². The fraction of sp³-hybridized carbons (Fsp3) is 0.655. The highest BCUT2D eigenvalue weighted by Crippen LogP contribution is 2.43. The van der Waals surface area contributed by atoms with E-state index in [-0.39, 0.29) is 47.6 Å². The molecule has 2 aromatic heterocycles. The summed E-state index contributed by atoms with van der Waals surface area (Å²) in [5.41, 5.74) is 8.52. The second kappa shape index (κ2) is 21.9. The maximum atomic E-state index is 13.7. The number of allylic oxidation sites excluding steroid dienone is 3. The van der Waals surface area contributed by atoms with E-state index in [1.165, 1.54) is 58.5 Å². The van der Waals surface area contributed by atoms with Crippen LogP contribution in [0.4, 0.5) is 0 Å².